The van der Waals surface area contributed by atoms with Crippen LogP contribution in [0.5, 0.6) is 0 Å². The zero-order chi connectivity index (χ0) is 12.1. The SMILES string of the molecule is COCCNCC1(Cc2cccc(C)c2)CC1. The van der Waals surface area contributed by atoms with Gasteiger partial charge in [0.2, 0.25) is 0 Å². The van der Waals surface area contributed by atoms with E-state index in [2.05, 4.69) is 36.5 Å². The molecule has 0 amide bonds. The van der Waals surface area contributed by atoms with Gasteiger partial charge in [0.25, 0.3) is 0 Å². The van der Waals surface area contributed by atoms with Gasteiger partial charge in [0.1, 0.15) is 0 Å². The van der Waals surface area contributed by atoms with Crippen molar-refractivity contribution in [3.05, 3.63) is 35.4 Å². The highest BCUT2D eigenvalue weighted by Gasteiger charge is 2.41. The number of benzene rings is 1. The van der Waals surface area contributed by atoms with E-state index in [0.29, 0.717) is 5.41 Å². The molecule has 0 radical (unpaired) electrons. The Balaban J connectivity index is 1.81. The van der Waals surface area contributed by atoms with E-state index in [1.165, 1.54) is 30.4 Å². The van der Waals surface area contributed by atoms with Crippen molar-refractivity contribution in [3.63, 3.8) is 0 Å². The first-order chi connectivity index (χ1) is 8.24. The largest absolute Gasteiger partial charge is 0.383 e. The van der Waals surface area contributed by atoms with Crippen LogP contribution in [0.1, 0.15) is 24.0 Å². The summed E-state index contributed by atoms with van der Waals surface area (Å²) >= 11 is 0. The minimum atomic E-state index is 0.529. The number of hydrogen-bond donors (Lipinski definition) is 1. The van der Waals surface area contributed by atoms with Gasteiger partial charge >= 0.3 is 0 Å². The Morgan fingerprint density at radius 2 is 2.18 bits per heavy atom. The van der Waals surface area contributed by atoms with Gasteiger partial charge in [-0.25, -0.2) is 0 Å². The molecule has 2 heteroatoms. The van der Waals surface area contributed by atoms with Crippen LogP contribution in [0.4, 0.5) is 0 Å². The Hall–Kier alpha value is -0.860. The summed E-state index contributed by atoms with van der Waals surface area (Å²) in [7, 11) is 1.75. The maximum Gasteiger partial charge on any atom is 0.0587 e. The summed E-state index contributed by atoms with van der Waals surface area (Å²) in [5.74, 6) is 0. The van der Waals surface area contributed by atoms with Gasteiger partial charge in [-0.2, -0.15) is 0 Å². The number of aryl methyl sites for hydroxylation is 1. The van der Waals surface area contributed by atoms with E-state index >= 15 is 0 Å². The smallest absolute Gasteiger partial charge is 0.0587 e. The second-order valence-corrected chi connectivity index (χ2v) is 5.34. The lowest BCUT2D eigenvalue weighted by atomic mass is 9.95. The molecule has 0 saturated heterocycles. The molecule has 0 atom stereocenters. The van der Waals surface area contributed by atoms with Crippen LogP contribution in [-0.4, -0.2) is 26.8 Å². The van der Waals surface area contributed by atoms with Crippen molar-refractivity contribution >= 4 is 0 Å². The van der Waals surface area contributed by atoms with Gasteiger partial charge in [-0.05, 0) is 37.2 Å². The van der Waals surface area contributed by atoms with E-state index in [4.69, 9.17) is 4.74 Å². The predicted molar refractivity (Wildman–Crippen MR) is 71.3 cm³/mol. The van der Waals surface area contributed by atoms with Crippen molar-refractivity contribution in [2.24, 2.45) is 5.41 Å². The summed E-state index contributed by atoms with van der Waals surface area (Å²) in [6.07, 6.45) is 3.94. The van der Waals surface area contributed by atoms with E-state index in [1.807, 2.05) is 0 Å². The normalized spacial score (nSPS) is 17.1. The van der Waals surface area contributed by atoms with Crippen LogP contribution in [0.2, 0.25) is 0 Å². The van der Waals surface area contributed by atoms with Gasteiger partial charge in [0, 0.05) is 20.2 Å². The first-order valence-corrected chi connectivity index (χ1v) is 6.49. The highest BCUT2D eigenvalue weighted by Crippen LogP contribution is 2.47. The minimum Gasteiger partial charge on any atom is -0.383 e. The van der Waals surface area contributed by atoms with Crippen LogP contribution in [0.3, 0.4) is 0 Å². The van der Waals surface area contributed by atoms with Crippen molar-refractivity contribution in [1.82, 2.24) is 5.32 Å². The Morgan fingerprint density at radius 3 is 2.82 bits per heavy atom. The minimum absolute atomic E-state index is 0.529. The number of methoxy groups -OCH3 is 1. The quantitative estimate of drug-likeness (QED) is 0.731. The molecule has 0 bridgehead atoms. The molecular formula is C15H23NO. The number of nitrogens with one attached hydrogen (secondary N) is 1. The molecule has 2 rings (SSSR count). The predicted octanol–water partition coefficient (Wildman–Crippen LogP) is 2.55. The van der Waals surface area contributed by atoms with Gasteiger partial charge in [-0.3, -0.25) is 0 Å². The molecule has 1 fully saturated rings. The molecule has 1 saturated carbocycles. The molecule has 0 aromatic heterocycles. The maximum atomic E-state index is 5.05. The van der Waals surface area contributed by atoms with Crippen molar-refractivity contribution in [2.45, 2.75) is 26.2 Å². The van der Waals surface area contributed by atoms with E-state index in [9.17, 15) is 0 Å². The van der Waals surface area contributed by atoms with Gasteiger partial charge in [-0.15, -0.1) is 0 Å². The molecule has 0 heterocycles. The third-order valence-electron chi connectivity index (χ3n) is 3.60. The lowest BCUT2D eigenvalue weighted by molar-refractivity contribution is 0.197. The summed E-state index contributed by atoms with van der Waals surface area (Å²) in [4.78, 5) is 0. The van der Waals surface area contributed by atoms with Crippen molar-refractivity contribution in [2.75, 3.05) is 26.8 Å². The second-order valence-electron chi connectivity index (χ2n) is 5.34. The van der Waals surface area contributed by atoms with Crippen LogP contribution in [0.15, 0.2) is 24.3 Å². The van der Waals surface area contributed by atoms with Crippen LogP contribution in [0.25, 0.3) is 0 Å². The Labute approximate surface area is 104 Å². The fourth-order valence-electron chi connectivity index (χ4n) is 2.38. The Morgan fingerprint density at radius 1 is 1.35 bits per heavy atom. The first kappa shape index (κ1) is 12.6. The average molecular weight is 233 g/mol. The molecule has 94 valence electrons. The van der Waals surface area contributed by atoms with Gasteiger partial charge in [0.15, 0.2) is 0 Å². The molecule has 1 N–H and O–H groups in total. The van der Waals surface area contributed by atoms with Gasteiger partial charge < -0.3 is 10.1 Å². The molecule has 2 nitrogen and oxygen atoms in total. The monoisotopic (exact) mass is 233 g/mol. The Kier molecular flexibility index (Phi) is 4.19. The fraction of sp³-hybridized carbons (Fsp3) is 0.600. The molecule has 0 aliphatic heterocycles. The molecule has 0 spiro atoms. The first-order valence-electron chi connectivity index (χ1n) is 6.49. The van der Waals surface area contributed by atoms with Gasteiger partial charge in [-0.1, -0.05) is 29.8 Å². The molecule has 1 aromatic rings. The summed E-state index contributed by atoms with van der Waals surface area (Å²) in [6.45, 7) is 5.07. The van der Waals surface area contributed by atoms with Crippen LogP contribution >= 0.6 is 0 Å². The van der Waals surface area contributed by atoms with Crippen LogP contribution < -0.4 is 5.32 Å². The lowest BCUT2D eigenvalue weighted by Crippen LogP contribution is -2.28. The second kappa shape index (κ2) is 5.65. The summed E-state index contributed by atoms with van der Waals surface area (Å²) in [5, 5.41) is 3.50. The molecule has 1 aliphatic rings. The summed E-state index contributed by atoms with van der Waals surface area (Å²) < 4.78 is 5.05. The molecule has 1 aromatic carbocycles. The number of rotatable bonds is 7. The average Bonchev–Trinajstić information content (AvgIpc) is 3.05. The zero-order valence-electron chi connectivity index (χ0n) is 11.0. The molecular weight excluding hydrogens is 210 g/mol. The van der Waals surface area contributed by atoms with Crippen molar-refractivity contribution in [3.8, 4) is 0 Å². The van der Waals surface area contributed by atoms with E-state index in [0.717, 1.165) is 19.7 Å². The van der Waals surface area contributed by atoms with Gasteiger partial charge in [0.05, 0.1) is 6.61 Å². The molecule has 0 unspecified atom stereocenters. The highest BCUT2D eigenvalue weighted by molar-refractivity contribution is 5.24. The molecule has 1 aliphatic carbocycles. The maximum absolute atomic E-state index is 5.05. The van der Waals surface area contributed by atoms with Crippen LogP contribution in [-0.2, 0) is 11.2 Å². The highest BCUT2D eigenvalue weighted by atomic mass is 16.5. The van der Waals surface area contributed by atoms with E-state index in [-0.39, 0.29) is 0 Å². The van der Waals surface area contributed by atoms with Crippen LogP contribution in [0, 0.1) is 12.3 Å². The zero-order valence-corrected chi connectivity index (χ0v) is 11.0. The summed E-state index contributed by atoms with van der Waals surface area (Å²) in [5.41, 5.74) is 3.38. The van der Waals surface area contributed by atoms with Crippen molar-refractivity contribution < 1.29 is 4.74 Å². The Bertz CT molecular complexity index is 358. The van der Waals surface area contributed by atoms with E-state index < -0.39 is 0 Å². The third kappa shape index (κ3) is 3.83. The van der Waals surface area contributed by atoms with Crippen molar-refractivity contribution in [1.29, 1.82) is 0 Å². The fourth-order valence-corrected chi connectivity index (χ4v) is 2.38. The molecule has 17 heavy (non-hydrogen) atoms. The number of ether oxygens (including phenoxy) is 1. The standard InChI is InChI=1S/C15H23NO/c1-13-4-3-5-14(10-13)11-15(6-7-15)12-16-8-9-17-2/h3-5,10,16H,6-9,11-12H2,1-2H3. The lowest BCUT2D eigenvalue weighted by Gasteiger charge is -2.16. The summed E-state index contributed by atoms with van der Waals surface area (Å²) in [6, 6.07) is 8.90. The third-order valence-corrected chi connectivity index (χ3v) is 3.60. The van der Waals surface area contributed by atoms with E-state index in [1.54, 1.807) is 7.11 Å². The number of hydrogen-bond acceptors (Lipinski definition) is 2. The topological polar surface area (TPSA) is 21.3 Å².